The molecule has 160 valence electrons. The lowest BCUT2D eigenvalue weighted by atomic mass is 9.41. The van der Waals surface area contributed by atoms with E-state index in [4.69, 9.17) is 0 Å². The smallest absolute Gasteiger partial charge is 0.0577 e. The molecule has 3 fully saturated rings. The van der Waals surface area contributed by atoms with Crippen molar-refractivity contribution in [3.63, 3.8) is 0 Å². The molecule has 4 aliphatic rings. The van der Waals surface area contributed by atoms with Crippen molar-refractivity contribution < 1.29 is 5.11 Å². The lowest BCUT2D eigenvalue weighted by molar-refractivity contribution is -0.110. The van der Waals surface area contributed by atoms with Crippen molar-refractivity contribution in [2.24, 2.45) is 39.9 Å². The van der Waals surface area contributed by atoms with Gasteiger partial charge in [-0.25, -0.2) is 0 Å². The Bertz CT molecular complexity index is 605. The van der Waals surface area contributed by atoms with Crippen molar-refractivity contribution in [1.29, 1.82) is 0 Å². The zero-order valence-electron chi connectivity index (χ0n) is 19.4. The number of allylic oxidation sites excluding steroid dienone is 1. The Hall–Kier alpha value is -0.300. The van der Waals surface area contributed by atoms with E-state index in [-0.39, 0.29) is 6.10 Å². The van der Waals surface area contributed by atoms with E-state index in [2.05, 4.69) is 40.7 Å². The zero-order valence-corrected chi connectivity index (χ0v) is 19.4. The summed E-state index contributed by atoms with van der Waals surface area (Å²) in [7, 11) is 0. The minimum atomic E-state index is -0.0840. The summed E-state index contributed by atoms with van der Waals surface area (Å²) >= 11 is 0. The molecule has 0 aliphatic heterocycles. The molecular formula is C27H46O. The Kier molecular flexibility index (Phi) is 5.56. The first kappa shape index (κ1) is 21.0. The van der Waals surface area contributed by atoms with Crippen molar-refractivity contribution in [2.45, 2.75) is 118 Å². The van der Waals surface area contributed by atoms with Gasteiger partial charge in [0.05, 0.1) is 6.10 Å². The number of unbranched alkanes of at least 4 members (excludes halogenated alkanes) is 1. The van der Waals surface area contributed by atoms with Crippen LogP contribution in [-0.4, -0.2) is 11.2 Å². The summed E-state index contributed by atoms with van der Waals surface area (Å²) in [5.41, 5.74) is 3.04. The van der Waals surface area contributed by atoms with Crippen LogP contribution >= 0.6 is 0 Å². The molecule has 0 saturated heterocycles. The highest BCUT2D eigenvalue weighted by molar-refractivity contribution is 5.27. The van der Waals surface area contributed by atoms with Gasteiger partial charge in [-0.05, 0) is 97.7 Å². The molecule has 1 heteroatoms. The van der Waals surface area contributed by atoms with Gasteiger partial charge in [0.15, 0.2) is 0 Å². The highest BCUT2D eigenvalue weighted by atomic mass is 16.3. The van der Waals surface area contributed by atoms with Crippen molar-refractivity contribution in [1.82, 2.24) is 0 Å². The minimum Gasteiger partial charge on any atom is -0.393 e. The minimum absolute atomic E-state index is 0.0840. The quantitative estimate of drug-likeness (QED) is 0.382. The van der Waals surface area contributed by atoms with Crippen LogP contribution in [0.4, 0.5) is 0 Å². The van der Waals surface area contributed by atoms with Gasteiger partial charge in [-0.1, -0.05) is 65.5 Å². The van der Waals surface area contributed by atoms with Crippen molar-refractivity contribution in [2.75, 3.05) is 0 Å². The second-order valence-electron chi connectivity index (χ2n) is 12.4. The molecule has 0 spiro atoms. The summed E-state index contributed by atoms with van der Waals surface area (Å²) in [5.74, 6) is 3.58. The fourth-order valence-electron chi connectivity index (χ4n) is 8.82. The van der Waals surface area contributed by atoms with Crippen molar-refractivity contribution in [3.8, 4) is 0 Å². The number of hydrogen-bond donors (Lipinski definition) is 1. The number of rotatable bonds is 5. The third kappa shape index (κ3) is 3.23. The first-order valence-corrected chi connectivity index (χ1v) is 12.6. The van der Waals surface area contributed by atoms with Gasteiger partial charge in [0, 0.05) is 0 Å². The van der Waals surface area contributed by atoms with Gasteiger partial charge in [-0.15, -0.1) is 0 Å². The maximum Gasteiger partial charge on any atom is 0.0577 e. The van der Waals surface area contributed by atoms with Gasteiger partial charge < -0.3 is 5.11 Å². The third-order valence-corrected chi connectivity index (χ3v) is 10.4. The van der Waals surface area contributed by atoms with Gasteiger partial charge in [-0.3, -0.25) is 0 Å². The summed E-state index contributed by atoms with van der Waals surface area (Å²) in [6, 6.07) is 0. The van der Waals surface area contributed by atoms with Crippen LogP contribution in [-0.2, 0) is 0 Å². The van der Waals surface area contributed by atoms with Gasteiger partial charge in [0.25, 0.3) is 0 Å². The molecule has 3 saturated carbocycles. The molecule has 28 heavy (non-hydrogen) atoms. The maximum atomic E-state index is 10.2. The van der Waals surface area contributed by atoms with Crippen LogP contribution in [0.15, 0.2) is 11.6 Å². The van der Waals surface area contributed by atoms with Crippen LogP contribution in [0.5, 0.6) is 0 Å². The number of aliphatic hydroxyl groups is 1. The summed E-state index contributed by atoms with van der Waals surface area (Å²) in [4.78, 5) is 0. The molecule has 0 bridgehead atoms. The number of aliphatic hydroxyl groups excluding tert-OH is 1. The lowest BCUT2D eigenvalue weighted by Gasteiger charge is -2.63. The number of fused-ring (bicyclic) bond motifs is 5. The topological polar surface area (TPSA) is 20.2 Å². The Morgan fingerprint density at radius 1 is 0.964 bits per heavy atom. The Morgan fingerprint density at radius 3 is 2.50 bits per heavy atom. The molecule has 0 aromatic carbocycles. The van der Waals surface area contributed by atoms with E-state index in [1.165, 1.54) is 64.2 Å². The van der Waals surface area contributed by atoms with E-state index in [0.29, 0.717) is 16.2 Å². The fourth-order valence-corrected chi connectivity index (χ4v) is 8.82. The SMILES string of the molecule is CC(C)CCCCC1CCC2C1(C)CCC1C3(C)CCC(O)CC3=CCC12C. The van der Waals surface area contributed by atoms with Crippen LogP contribution in [0.25, 0.3) is 0 Å². The van der Waals surface area contributed by atoms with Crippen molar-refractivity contribution in [3.05, 3.63) is 11.6 Å². The summed E-state index contributed by atoms with van der Waals surface area (Å²) in [5, 5.41) is 10.2. The second kappa shape index (κ2) is 7.44. The predicted molar refractivity (Wildman–Crippen MR) is 119 cm³/mol. The predicted octanol–water partition coefficient (Wildman–Crippen LogP) is 7.53. The lowest BCUT2D eigenvalue weighted by Crippen LogP contribution is -2.55. The molecule has 4 rings (SSSR count). The summed E-state index contributed by atoms with van der Waals surface area (Å²) in [6.45, 7) is 12.7. The van der Waals surface area contributed by atoms with E-state index in [1.807, 2.05) is 0 Å². The van der Waals surface area contributed by atoms with Gasteiger partial charge >= 0.3 is 0 Å². The van der Waals surface area contributed by atoms with Gasteiger partial charge in [-0.2, -0.15) is 0 Å². The molecule has 7 atom stereocenters. The van der Waals surface area contributed by atoms with Crippen LogP contribution in [0.3, 0.4) is 0 Å². The molecule has 0 aromatic rings. The molecule has 4 aliphatic carbocycles. The second-order valence-corrected chi connectivity index (χ2v) is 12.4. The molecule has 0 heterocycles. The Balaban J connectivity index is 1.52. The third-order valence-electron chi connectivity index (χ3n) is 10.4. The zero-order chi connectivity index (χ0) is 20.2. The standard InChI is InChI=1S/C27H46O/c1-19(2)8-6-7-9-20-10-11-23-25(20,3)17-14-24-26(4)16-13-22(28)18-21(26)12-15-27(23,24)5/h12,19-20,22-24,28H,6-11,13-18H2,1-5H3. The molecule has 0 aromatic heterocycles. The van der Waals surface area contributed by atoms with E-state index in [9.17, 15) is 5.11 Å². The Labute approximate surface area is 174 Å². The van der Waals surface area contributed by atoms with Crippen LogP contribution in [0, 0.1) is 39.9 Å². The van der Waals surface area contributed by atoms with Crippen LogP contribution < -0.4 is 0 Å². The maximum absolute atomic E-state index is 10.2. The molecule has 0 radical (unpaired) electrons. The molecule has 1 nitrogen and oxygen atoms in total. The first-order valence-electron chi connectivity index (χ1n) is 12.6. The molecule has 7 unspecified atom stereocenters. The number of hydrogen-bond acceptors (Lipinski definition) is 1. The van der Waals surface area contributed by atoms with E-state index < -0.39 is 0 Å². The summed E-state index contributed by atoms with van der Waals surface area (Å²) < 4.78 is 0. The van der Waals surface area contributed by atoms with E-state index in [1.54, 1.807) is 5.57 Å². The first-order chi connectivity index (χ1) is 13.2. The fraction of sp³-hybridized carbons (Fsp3) is 0.926. The average Bonchev–Trinajstić information content (AvgIpc) is 2.97. The average molecular weight is 387 g/mol. The monoisotopic (exact) mass is 386 g/mol. The highest BCUT2D eigenvalue weighted by Gasteiger charge is 2.63. The summed E-state index contributed by atoms with van der Waals surface area (Å²) in [6.07, 6.45) is 18.6. The highest BCUT2D eigenvalue weighted by Crippen LogP contribution is 2.71. The van der Waals surface area contributed by atoms with Gasteiger partial charge in [0.2, 0.25) is 0 Å². The van der Waals surface area contributed by atoms with E-state index in [0.717, 1.165) is 36.5 Å². The van der Waals surface area contributed by atoms with Crippen LogP contribution in [0.2, 0.25) is 0 Å². The largest absolute Gasteiger partial charge is 0.393 e. The van der Waals surface area contributed by atoms with Crippen LogP contribution in [0.1, 0.15) is 112 Å². The Morgan fingerprint density at radius 2 is 1.75 bits per heavy atom. The normalized spacial score (nSPS) is 48.0. The van der Waals surface area contributed by atoms with Gasteiger partial charge in [0.1, 0.15) is 0 Å². The van der Waals surface area contributed by atoms with E-state index >= 15 is 0 Å². The molecule has 0 amide bonds. The van der Waals surface area contributed by atoms with Crippen molar-refractivity contribution >= 4 is 0 Å². The molecule has 1 N–H and O–H groups in total. The molecular weight excluding hydrogens is 340 g/mol.